The molecule has 9 heteroatoms. The molecule has 0 fully saturated rings. The quantitative estimate of drug-likeness (QED) is 0.525. The minimum atomic E-state index is -0.0844. The molecule has 9 nitrogen and oxygen atoms in total. The maximum atomic E-state index is 13.8. The molecule has 0 atom stereocenters. The minimum Gasteiger partial charge on any atom is -0.377 e. The fourth-order valence-electron chi connectivity index (χ4n) is 4.66. The summed E-state index contributed by atoms with van der Waals surface area (Å²) in [4.78, 5) is 37.2. The van der Waals surface area contributed by atoms with Crippen LogP contribution in [0.4, 0.5) is 5.69 Å². The fourth-order valence-corrected chi connectivity index (χ4v) is 4.66. The average Bonchev–Trinajstić information content (AvgIpc) is 3.20. The SMILES string of the molecule is COCC(=O)N1CCCN(C)CCN(C(=O)Cn2c(COC)nc3ccccc32)Cc2ccccc21. The number of imidazole rings is 1. The number of para-hydroxylation sites is 3. The zero-order valence-electron chi connectivity index (χ0n) is 21.4. The number of hydrogen-bond donors (Lipinski definition) is 0. The Morgan fingerprint density at radius 1 is 0.917 bits per heavy atom. The van der Waals surface area contributed by atoms with Crippen molar-refractivity contribution in [3.63, 3.8) is 0 Å². The Hall–Kier alpha value is -3.27. The second kappa shape index (κ2) is 12.1. The van der Waals surface area contributed by atoms with Crippen LogP contribution in [0, 0.1) is 0 Å². The van der Waals surface area contributed by atoms with Gasteiger partial charge in [-0.3, -0.25) is 9.59 Å². The van der Waals surface area contributed by atoms with Gasteiger partial charge in [-0.15, -0.1) is 0 Å². The second-order valence-corrected chi connectivity index (χ2v) is 9.12. The number of carbonyl (C=O) groups is 2. The highest BCUT2D eigenvalue weighted by atomic mass is 16.5. The highest BCUT2D eigenvalue weighted by Gasteiger charge is 2.24. The predicted octanol–water partition coefficient (Wildman–Crippen LogP) is 2.53. The zero-order chi connectivity index (χ0) is 25.5. The first-order valence-electron chi connectivity index (χ1n) is 12.3. The number of ether oxygens (including phenoxy) is 2. The molecule has 1 aromatic heterocycles. The zero-order valence-corrected chi connectivity index (χ0v) is 21.4. The summed E-state index contributed by atoms with van der Waals surface area (Å²) in [5, 5.41) is 0. The van der Waals surface area contributed by atoms with Gasteiger partial charge in [0.25, 0.3) is 5.91 Å². The Balaban J connectivity index is 1.66. The molecule has 2 heterocycles. The third kappa shape index (κ3) is 5.92. The van der Waals surface area contributed by atoms with Crippen LogP contribution >= 0.6 is 0 Å². The molecule has 1 aliphatic heterocycles. The van der Waals surface area contributed by atoms with Gasteiger partial charge in [0, 0.05) is 46.1 Å². The fraction of sp³-hybridized carbons (Fsp3) is 0.444. The van der Waals surface area contributed by atoms with Crippen LogP contribution in [-0.2, 0) is 38.8 Å². The van der Waals surface area contributed by atoms with E-state index in [2.05, 4.69) is 16.9 Å². The van der Waals surface area contributed by atoms with Gasteiger partial charge < -0.3 is 28.7 Å². The molecule has 0 spiro atoms. The molecule has 0 N–H and O–H groups in total. The Morgan fingerprint density at radius 3 is 2.50 bits per heavy atom. The van der Waals surface area contributed by atoms with E-state index in [1.54, 1.807) is 12.0 Å². The molecule has 0 saturated heterocycles. The van der Waals surface area contributed by atoms with Crippen molar-refractivity contribution in [3.8, 4) is 0 Å². The molecular weight excluding hydrogens is 458 g/mol. The number of fused-ring (bicyclic) bond motifs is 2. The van der Waals surface area contributed by atoms with Gasteiger partial charge in [0.1, 0.15) is 25.6 Å². The van der Waals surface area contributed by atoms with Gasteiger partial charge in [-0.1, -0.05) is 30.3 Å². The van der Waals surface area contributed by atoms with Gasteiger partial charge in [0.15, 0.2) is 0 Å². The first-order chi connectivity index (χ1) is 17.5. The van der Waals surface area contributed by atoms with E-state index in [0.29, 0.717) is 26.2 Å². The van der Waals surface area contributed by atoms with E-state index in [1.807, 2.05) is 58.0 Å². The summed E-state index contributed by atoms with van der Waals surface area (Å²) in [5.74, 6) is 0.630. The largest absolute Gasteiger partial charge is 0.377 e. The molecular formula is C27H35N5O4. The number of amides is 2. The number of carbonyl (C=O) groups excluding carboxylic acids is 2. The van der Waals surface area contributed by atoms with Gasteiger partial charge in [-0.05, 0) is 43.8 Å². The third-order valence-electron chi connectivity index (χ3n) is 6.54. The van der Waals surface area contributed by atoms with E-state index in [9.17, 15) is 9.59 Å². The number of aromatic nitrogens is 2. The Bertz CT molecular complexity index is 1190. The predicted molar refractivity (Wildman–Crippen MR) is 139 cm³/mol. The van der Waals surface area contributed by atoms with Crippen LogP contribution in [0.2, 0.25) is 0 Å². The van der Waals surface area contributed by atoms with Crippen LogP contribution in [0.5, 0.6) is 0 Å². The average molecular weight is 494 g/mol. The lowest BCUT2D eigenvalue weighted by atomic mass is 10.1. The van der Waals surface area contributed by atoms with Crippen LogP contribution in [0.25, 0.3) is 11.0 Å². The summed E-state index contributed by atoms with van der Waals surface area (Å²) in [7, 11) is 5.21. The monoisotopic (exact) mass is 493 g/mol. The van der Waals surface area contributed by atoms with E-state index >= 15 is 0 Å². The molecule has 36 heavy (non-hydrogen) atoms. The van der Waals surface area contributed by atoms with Gasteiger partial charge in [0.05, 0.1) is 11.0 Å². The Morgan fingerprint density at radius 2 is 1.69 bits per heavy atom. The van der Waals surface area contributed by atoms with Crippen LogP contribution in [0.1, 0.15) is 17.8 Å². The molecule has 0 saturated carbocycles. The van der Waals surface area contributed by atoms with Gasteiger partial charge in [0.2, 0.25) is 5.91 Å². The molecule has 2 aromatic carbocycles. The third-order valence-corrected chi connectivity index (χ3v) is 6.54. The normalized spacial score (nSPS) is 15.5. The molecule has 0 aliphatic carbocycles. The maximum Gasteiger partial charge on any atom is 0.252 e. The van der Waals surface area contributed by atoms with E-state index in [0.717, 1.165) is 47.6 Å². The summed E-state index contributed by atoms with van der Waals surface area (Å²) in [6.45, 7) is 3.66. The maximum absolute atomic E-state index is 13.8. The molecule has 0 bridgehead atoms. The number of anilines is 1. The molecule has 4 rings (SSSR count). The summed E-state index contributed by atoms with van der Waals surface area (Å²) in [5.41, 5.74) is 3.51. The summed E-state index contributed by atoms with van der Waals surface area (Å²) in [6.07, 6.45) is 0.829. The van der Waals surface area contributed by atoms with Crippen molar-refractivity contribution < 1.29 is 19.1 Å². The van der Waals surface area contributed by atoms with Gasteiger partial charge in [-0.25, -0.2) is 4.98 Å². The van der Waals surface area contributed by atoms with Crippen LogP contribution < -0.4 is 4.90 Å². The van der Waals surface area contributed by atoms with E-state index < -0.39 is 0 Å². The van der Waals surface area contributed by atoms with Crippen molar-refractivity contribution in [2.24, 2.45) is 0 Å². The second-order valence-electron chi connectivity index (χ2n) is 9.12. The molecule has 2 amide bonds. The van der Waals surface area contributed by atoms with E-state index in [4.69, 9.17) is 9.47 Å². The summed E-state index contributed by atoms with van der Waals surface area (Å²) in [6, 6.07) is 15.6. The Kier molecular flexibility index (Phi) is 8.69. The molecule has 3 aromatic rings. The first kappa shape index (κ1) is 25.8. The highest BCUT2D eigenvalue weighted by molar-refractivity contribution is 5.95. The summed E-state index contributed by atoms with van der Waals surface area (Å²) >= 11 is 0. The number of methoxy groups -OCH3 is 2. The van der Waals surface area contributed by atoms with E-state index in [-0.39, 0.29) is 25.0 Å². The van der Waals surface area contributed by atoms with Crippen molar-refractivity contribution in [2.45, 2.75) is 26.1 Å². The standard InChI is InChI=1S/C27H35N5O4/c1-29-13-8-14-31(27(34)20-36-3)23-11-6-4-9-21(23)17-30(16-15-29)26(33)18-32-24-12-7-5-10-22(24)28-25(32)19-35-2/h4-7,9-12H,8,13-20H2,1-3H3. The topological polar surface area (TPSA) is 80.1 Å². The van der Waals surface area contributed by atoms with Gasteiger partial charge >= 0.3 is 0 Å². The lowest BCUT2D eigenvalue weighted by Gasteiger charge is -2.28. The highest BCUT2D eigenvalue weighted by Crippen LogP contribution is 2.24. The van der Waals surface area contributed by atoms with Crippen molar-refractivity contribution >= 4 is 28.5 Å². The van der Waals surface area contributed by atoms with Crippen molar-refractivity contribution in [2.75, 3.05) is 59.0 Å². The first-order valence-corrected chi connectivity index (χ1v) is 12.3. The van der Waals surface area contributed by atoms with Crippen LogP contribution in [0.15, 0.2) is 48.5 Å². The lowest BCUT2D eigenvalue weighted by molar-refractivity contribution is -0.132. The number of hydrogen-bond acceptors (Lipinski definition) is 6. The van der Waals surface area contributed by atoms with Crippen molar-refractivity contribution in [1.29, 1.82) is 0 Å². The number of likely N-dealkylation sites (N-methyl/N-ethyl adjacent to an activating group) is 1. The molecule has 0 radical (unpaired) electrons. The lowest BCUT2D eigenvalue weighted by Crippen LogP contribution is -2.39. The molecule has 0 unspecified atom stereocenters. The summed E-state index contributed by atoms with van der Waals surface area (Å²) < 4.78 is 12.4. The van der Waals surface area contributed by atoms with Gasteiger partial charge in [-0.2, -0.15) is 0 Å². The van der Waals surface area contributed by atoms with Crippen molar-refractivity contribution in [1.82, 2.24) is 19.4 Å². The van der Waals surface area contributed by atoms with Crippen LogP contribution in [0.3, 0.4) is 0 Å². The Labute approximate surface area is 212 Å². The molecule has 1 aliphatic rings. The minimum absolute atomic E-state index is 0.00674. The van der Waals surface area contributed by atoms with Crippen LogP contribution in [-0.4, -0.2) is 85.2 Å². The van der Waals surface area contributed by atoms with E-state index in [1.165, 1.54) is 7.11 Å². The number of nitrogens with zero attached hydrogens (tertiary/aromatic N) is 5. The molecule has 192 valence electrons. The number of benzene rings is 2. The smallest absolute Gasteiger partial charge is 0.252 e. The van der Waals surface area contributed by atoms with Crippen molar-refractivity contribution in [3.05, 3.63) is 59.9 Å². The number of rotatable bonds is 6.